The van der Waals surface area contributed by atoms with Gasteiger partial charge < -0.3 is 0 Å². The molecule has 14 heavy (non-hydrogen) atoms. The van der Waals surface area contributed by atoms with Gasteiger partial charge in [0.2, 0.25) is 0 Å². The van der Waals surface area contributed by atoms with E-state index in [1.165, 1.54) is 10.8 Å². The Labute approximate surface area is 86.9 Å². The third-order valence-electron chi connectivity index (χ3n) is 1.66. The lowest BCUT2D eigenvalue weighted by Crippen LogP contribution is -1.67. The van der Waals surface area contributed by atoms with Gasteiger partial charge in [-0.15, -0.1) is 13.2 Å². The average molecular weight is 186 g/mol. The number of rotatable bonds is 0. The highest BCUT2D eigenvalue weighted by atomic mass is 13.9. The first-order valence-corrected chi connectivity index (χ1v) is 4.90. The van der Waals surface area contributed by atoms with E-state index >= 15 is 0 Å². The molecule has 2 aromatic rings. The van der Waals surface area contributed by atoms with Gasteiger partial charge in [-0.1, -0.05) is 62.4 Å². The van der Waals surface area contributed by atoms with E-state index in [4.69, 9.17) is 0 Å². The van der Waals surface area contributed by atoms with Crippen molar-refractivity contribution in [3.8, 4) is 0 Å². The molecule has 2 rings (SSSR count). The molecular formula is C14H18. The molecule has 2 aromatic carbocycles. The Kier molecular flexibility index (Phi) is 7.16. The van der Waals surface area contributed by atoms with E-state index in [9.17, 15) is 0 Å². The van der Waals surface area contributed by atoms with Crippen LogP contribution in [0.3, 0.4) is 0 Å². The van der Waals surface area contributed by atoms with Gasteiger partial charge in [-0.3, -0.25) is 0 Å². The minimum atomic E-state index is 1.31. The molecule has 0 bridgehead atoms. The summed E-state index contributed by atoms with van der Waals surface area (Å²) in [6.45, 7) is 10.0. The highest BCUT2D eigenvalue weighted by Gasteiger charge is 1.85. The van der Waals surface area contributed by atoms with Gasteiger partial charge in [0.15, 0.2) is 0 Å². The first-order chi connectivity index (χ1) is 6.97. The third-order valence-corrected chi connectivity index (χ3v) is 1.66. The average Bonchev–Trinajstić information content (AvgIpc) is 2.34. The van der Waals surface area contributed by atoms with Crippen LogP contribution in [0.15, 0.2) is 61.7 Å². The van der Waals surface area contributed by atoms with Crippen molar-refractivity contribution in [1.82, 2.24) is 0 Å². The summed E-state index contributed by atoms with van der Waals surface area (Å²) in [7, 11) is 0. The molecule has 0 N–H and O–H groups in total. The summed E-state index contributed by atoms with van der Waals surface area (Å²) >= 11 is 0. The maximum Gasteiger partial charge on any atom is -0.0184 e. The lowest BCUT2D eigenvalue weighted by atomic mass is 10.1. The van der Waals surface area contributed by atoms with E-state index in [1.807, 2.05) is 13.8 Å². The Balaban J connectivity index is 0.000000379. The van der Waals surface area contributed by atoms with Gasteiger partial charge in [-0.2, -0.15) is 0 Å². The number of hydrogen-bond donors (Lipinski definition) is 0. The fourth-order valence-corrected chi connectivity index (χ4v) is 1.13. The molecule has 0 fully saturated rings. The molecule has 0 heteroatoms. The predicted octanol–water partition coefficient (Wildman–Crippen LogP) is 4.67. The van der Waals surface area contributed by atoms with Gasteiger partial charge >= 0.3 is 0 Å². The van der Waals surface area contributed by atoms with Gasteiger partial charge in [0.05, 0.1) is 0 Å². The van der Waals surface area contributed by atoms with Crippen molar-refractivity contribution >= 4 is 10.8 Å². The van der Waals surface area contributed by atoms with Crippen LogP contribution in [0.5, 0.6) is 0 Å². The Morgan fingerprint density at radius 3 is 1.07 bits per heavy atom. The fourth-order valence-electron chi connectivity index (χ4n) is 1.13. The molecular weight excluding hydrogens is 168 g/mol. The summed E-state index contributed by atoms with van der Waals surface area (Å²) < 4.78 is 0. The van der Waals surface area contributed by atoms with E-state index in [0.717, 1.165) is 0 Å². The van der Waals surface area contributed by atoms with E-state index in [0.29, 0.717) is 0 Å². The molecule has 0 heterocycles. The van der Waals surface area contributed by atoms with Crippen LogP contribution in [0.2, 0.25) is 0 Å². The standard InChI is InChI=1S/C10H8.C2H6.C2H4/c1-2-6-10-8-4-3-7-9(10)5-1;2*1-2/h1-8H;1-2H3;1-2H2. The molecule has 0 radical (unpaired) electrons. The molecule has 0 atom stereocenters. The minimum Gasteiger partial charge on any atom is -0.106 e. The molecule has 0 aromatic heterocycles. The summed E-state index contributed by atoms with van der Waals surface area (Å²) in [6.07, 6.45) is 0. The van der Waals surface area contributed by atoms with Gasteiger partial charge in [-0.25, -0.2) is 0 Å². The van der Waals surface area contributed by atoms with Gasteiger partial charge in [0, 0.05) is 0 Å². The minimum absolute atomic E-state index is 1.31. The van der Waals surface area contributed by atoms with Crippen LogP contribution in [0.25, 0.3) is 10.8 Å². The van der Waals surface area contributed by atoms with E-state index in [-0.39, 0.29) is 0 Å². The molecule has 0 saturated heterocycles. The smallest absolute Gasteiger partial charge is 0.0184 e. The van der Waals surface area contributed by atoms with Crippen molar-refractivity contribution < 1.29 is 0 Å². The van der Waals surface area contributed by atoms with Crippen LogP contribution < -0.4 is 0 Å². The van der Waals surface area contributed by atoms with Gasteiger partial charge in [0.25, 0.3) is 0 Å². The predicted molar refractivity (Wildman–Crippen MR) is 66.6 cm³/mol. The van der Waals surface area contributed by atoms with E-state index in [2.05, 4.69) is 61.7 Å². The zero-order valence-electron chi connectivity index (χ0n) is 9.03. The van der Waals surface area contributed by atoms with Crippen molar-refractivity contribution in [2.24, 2.45) is 0 Å². The topological polar surface area (TPSA) is 0 Å². The maximum absolute atomic E-state index is 3.00. The monoisotopic (exact) mass is 186 g/mol. The van der Waals surface area contributed by atoms with Crippen LogP contribution in [-0.2, 0) is 0 Å². The van der Waals surface area contributed by atoms with Crippen LogP contribution in [-0.4, -0.2) is 0 Å². The van der Waals surface area contributed by atoms with Crippen molar-refractivity contribution in [2.45, 2.75) is 13.8 Å². The molecule has 0 aliphatic rings. The van der Waals surface area contributed by atoms with Crippen molar-refractivity contribution in [1.29, 1.82) is 0 Å². The Morgan fingerprint density at radius 1 is 0.643 bits per heavy atom. The highest BCUT2D eigenvalue weighted by Crippen LogP contribution is 2.11. The maximum atomic E-state index is 3.00. The molecule has 0 amide bonds. The molecule has 0 aliphatic carbocycles. The van der Waals surface area contributed by atoms with Crippen molar-refractivity contribution in [2.75, 3.05) is 0 Å². The second-order valence-corrected chi connectivity index (χ2v) is 2.35. The molecule has 0 aliphatic heterocycles. The second kappa shape index (κ2) is 8.06. The third kappa shape index (κ3) is 3.44. The van der Waals surface area contributed by atoms with Crippen molar-refractivity contribution in [3.05, 3.63) is 61.7 Å². The molecule has 0 saturated carbocycles. The molecule has 0 nitrogen and oxygen atoms in total. The van der Waals surface area contributed by atoms with Gasteiger partial charge in [-0.05, 0) is 10.8 Å². The first-order valence-electron chi connectivity index (χ1n) is 4.90. The number of benzene rings is 2. The van der Waals surface area contributed by atoms with Crippen LogP contribution >= 0.6 is 0 Å². The Bertz CT molecular complexity index is 284. The zero-order valence-corrected chi connectivity index (χ0v) is 9.03. The normalized spacial score (nSPS) is 7.86. The summed E-state index contributed by atoms with van der Waals surface area (Å²) in [6, 6.07) is 16.7. The molecule has 74 valence electrons. The lowest BCUT2D eigenvalue weighted by Gasteiger charge is -1.92. The molecule has 0 spiro atoms. The number of hydrogen-bond acceptors (Lipinski definition) is 0. The van der Waals surface area contributed by atoms with Gasteiger partial charge in [0.1, 0.15) is 0 Å². The highest BCUT2D eigenvalue weighted by molar-refractivity contribution is 5.81. The summed E-state index contributed by atoms with van der Waals surface area (Å²) in [5.74, 6) is 0. The first kappa shape index (κ1) is 12.4. The Morgan fingerprint density at radius 2 is 0.857 bits per heavy atom. The fraction of sp³-hybridized carbons (Fsp3) is 0.143. The van der Waals surface area contributed by atoms with Crippen molar-refractivity contribution in [3.63, 3.8) is 0 Å². The quantitative estimate of drug-likeness (QED) is 0.524. The van der Waals surface area contributed by atoms with Crippen LogP contribution in [0.4, 0.5) is 0 Å². The number of fused-ring (bicyclic) bond motifs is 1. The largest absolute Gasteiger partial charge is 0.106 e. The van der Waals surface area contributed by atoms with E-state index < -0.39 is 0 Å². The lowest BCUT2D eigenvalue weighted by molar-refractivity contribution is 1.50. The van der Waals surface area contributed by atoms with Crippen LogP contribution in [0, 0.1) is 0 Å². The molecule has 0 unspecified atom stereocenters. The summed E-state index contributed by atoms with van der Waals surface area (Å²) in [4.78, 5) is 0. The summed E-state index contributed by atoms with van der Waals surface area (Å²) in [5, 5.41) is 2.62. The summed E-state index contributed by atoms with van der Waals surface area (Å²) in [5.41, 5.74) is 0. The zero-order chi connectivity index (χ0) is 10.8. The van der Waals surface area contributed by atoms with E-state index in [1.54, 1.807) is 0 Å². The van der Waals surface area contributed by atoms with Crippen LogP contribution in [0.1, 0.15) is 13.8 Å². The second-order valence-electron chi connectivity index (χ2n) is 2.35. The SMILES string of the molecule is C=C.CC.c1ccc2ccccc2c1. The Hall–Kier alpha value is -1.56.